The van der Waals surface area contributed by atoms with Crippen molar-refractivity contribution < 1.29 is 17.6 Å². The van der Waals surface area contributed by atoms with Crippen molar-refractivity contribution in [3.63, 3.8) is 0 Å². The Morgan fingerprint density at radius 2 is 1.92 bits per heavy atom. The zero-order chi connectivity index (χ0) is 18.3. The van der Waals surface area contributed by atoms with Gasteiger partial charge >= 0.3 is 0 Å². The Labute approximate surface area is 172 Å². The minimum Gasteiger partial charge on any atom is -0.469 e. The SMILES string of the molecule is CN=C(NCCc1ccco1)NCCS(=O)(=O)N1CC(C)OC(C)C1.I. The molecule has 0 spiro atoms. The van der Waals surface area contributed by atoms with Crippen LogP contribution in [0.1, 0.15) is 19.6 Å². The zero-order valence-electron chi connectivity index (χ0n) is 15.5. The molecule has 1 aliphatic heterocycles. The lowest BCUT2D eigenvalue weighted by molar-refractivity contribution is -0.0440. The summed E-state index contributed by atoms with van der Waals surface area (Å²) in [7, 11) is -1.66. The smallest absolute Gasteiger partial charge is 0.216 e. The maximum absolute atomic E-state index is 12.5. The summed E-state index contributed by atoms with van der Waals surface area (Å²) in [5, 5.41) is 6.18. The van der Waals surface area contributed by atoms with Crippen LogP contribution >= 0.6 is 24.0 Å². The van der Waals surface area contributed by atoms with E-state index in [1.54, 1.807) is 13.3 Å². The van der Waals surface area contributed by atoms with E-state index in [0.29, 0.717) is 32.1 Å². The molecule has 0 radical (unpaired) electrons. The lowest BCUT2D eigenvalue weighted by atomic mass is 10.3. The predicted octanol–water partition coefficient (Wildman–Crippen LogP) is 1.04. The van der Waals surface area contributed by atoms with Crippen molar-refractivity contribution in [3.8, 4) is 0 Å². The van der Waals surface area contributed by atoms with Gasteiger partial charge in [-0.05, 0) is 26.0 Å². The average molecular weight is 500 g/mol. The van der Waals surface area contributed by atoms with Gasteiger partial charge in [0, 0.05) is 39.6 Å². The molecule has 10 heteroatoms. The zero-order valence-corrected chi connectivity index (χ0v) is 18.6. The topological polar surface area (TPSA) is 96.2 Å². The lowest BCUT2D eigenvalue weighted by Crippen LogP contribution is -2.50. The van der Waals surface area contributed by atoms with Crippen LogP contribution in [0.2, 0.25) is 0 Å². The molecule has 1 saturated heterocycles. The molecule has 2 atom stereocenters. The number of nitrogens with zero attached hydrogens (tertiary/aromatic N) is 2. The molecular weight excluding hydrogens is 471 g/mol. The van der Waals surface area contributed by atoms with Crippen LogP contribution in [0.3, 0.4) is 0 Å². The first-order valence-corrected chi connectivity index (χ1v) is 10.1. The molecule has 150 valence electrons. The van der Waals surface area contributed by atoms with Gasteiger partial charge in [0.1, 0.15) is 5.76 Å². The summed E-state index contributed by atoms with van der Waals surface area (Å²) in [6.07, 6.45) is 2.21. The molecule has 2 rings (SSSR count). The summed E-state index contributed by atoms with van der Waals surface area (Å²) in [6.45, 7) is 5.54. The summed E-state index contributed by atoms with van der Waals surface area (Å²) in [4.78, 5) is 4.10. The second kappa shape index (κ2) is 11.1. The van der Waals surface area contributed by atoms with Gasteiger partial charge in [-0.2, -0.15) is 4.31 Å². The van der Waals surface area contributed by atoms with Crippen LogP contribution in [0.15, 0.2) is 27.8 Å². The number of guanidine groups is 1. The first-order valence-electron chi connectivity index (χ1n) is 8.51. The van der Waals surface area contributed by atoms with Crippen LogP contribution in [0.25, 0.3) is 0 Å². The van der Waals surface area contributed by atoms with Crippen LogP contribution in [0.4, 0.5) is 0 Å². The summed E-state index contributed by atoms with van der Waals surface area (Å²) in [5.41, 5.74) is 0. The van der Waals surface area contributed by atoms with Crippen molar-refractivity contribution in [1.29, 1.82) is 0 Å². The normalized spacial score (nSPS) is 21.9. The van der Waals surface area contributed by atoms with Gasteiger partial charge in [-0.15, -0.1) is 24.0 Å². The minimum atomic E-state index is -3.32. The highest BCUT2D eigenvalue weighted by Gasteiger charge is 2.30. The summed E-state index contributed by atoms with van der Waals surface area (Å²) < 4.78 is 37.3. The number of rotatable bonds is 7. The number of aliphatic imine (C=N–C) groups is 1. The van der Waals surface area contributed by atoms with Crippen molar-refractivity contribution in [2.24, 2.45) is 4.99 Å². The molecule has 8 nitrogen and oxygen atoms in total. The van der Waals surface area contributed by atoms with E-state index in [4.69, 9.17) is 9.15 Å². The molecule has 0 aliphatic carbocycles. The number of ether oxygens (including phenoxy) is 1. The fourth-order valence-electron chi connectivity index (χ4n) is 2.76. The molecule has 1 aromatic heterocycles. The fourth-order valence-corrected chi connectivity index (χ4v) is 4.26. The van der Waals surface area contributed by atoms with Gasteiger partial charge in [-0.1, -0.05) is 0 Å². The van der Waals surface area contributed by atoms with Gasteiger partial charge in [0.15, 0.2) is 5.96 Å². The van der Waals surface area contributed by atoms with E-state index in [1.165, 1.54) is 4.31 Å². The highest BCUT2D eigenvalue weighted by atomic mass is 127. The first-order chi connectivity index (χ1) is 11.9. The van der Waals surface area contributed by atoms with E-state index in [-0.39, 0.29) is 41.9 Å². The third kappa shape index (κ3) is 7.41. The van der Waals surface area contributed by atoms with E-state index in [0.717, 1.165) is 12.2 Å². The minimum absolute atomic E-state index is 0. The third-order valence-corrected chi connectivity index (χ3v) is 5.70. The van der Waals surface area contributed by atoms with E-state index in [1.807, 2.05) is 26.0 Å². The van der Waals surface area contributed by atoms with E-state index in [9.17, 15) is 8.42 Å². The predicted molar refractivity (Wildman–Crippen MR) is 113 cm³/mol. The first kappa shape index (κ1) is 23.2. The Bertz CT molecular complexity index is 641. The Kier molecular flexibility index (Phi) is 9.90. The van der Waals surface area contributed by atoms with Crippen molar-refractivity contribution in [1.82, 2.24) is 14.9 Å². The van der Waals surface area contributed by atoms with Gasteiger partial charge in [0.05, 0.1) is 24.2 Å². The Hall–Kier alpha value is -0.850. The Balaban J connectivity index is 0.00000338. The number of nitrogens with one attached hydrogen (secondary N) is 2. The molecule has 2 unspecified atom stereocenters. The molecule has 0 bridgehead atoms. The number of morpholine rings is 1. The summed E-state index contributed by atoms with van der Waals surface area (Å²) in [6, 6.07) is 3.76. The van der Waals surface area contributed by atoms with Gasteiger partial charge in [-0.3, -0.25) is 4.99 Å². The van der Waals surface area contributed by atoms with Crippen LogP contribution in [0.5, 0.6) is 0 Å². The summed E-state index contributed by atoms with van der Waals surface area (Å²) >= 11 is 0. The number of sulfonamides is 1. The standard InChI is InChI=1S/C16H28N4O4S.HI/c1-13-11-20(12-14(2)24-13)25(21,22)10-8-19-16(17-3)18-7-6-15-5-4-9-23-15;/h4-5,9,13-14H,6-8,10-12H2,1-3H3,(H2,17,18,19);1H. The van der Waals surface area contributed by atoms with Crippen LogP contribution < -0.4 is 10.6 Å². The fraction of sp³-hybridized carbons (Fsp3) is 0.688. The second-order valence-electron chi connectivity index (χ2n) is 6.15. The highest BCUT2D eigenvalue weighted by molar-refractivity contribution is 14.0. The van der Waals surface area contributed by atoms with Crippen molar-refractivity contribution in [3.05, 3.63) is 24.2 Å². The maximum atomic E-state index is 12.5. The molecule has 1 aromatic rings. The molecule has 0 amide bonds. The Morgan fingerprint density at radius 1 is 1.27 bits per heavy atom. The number of hydrogen-bond donors (Lipinski definition) is 2. The van der Waals surface area contributed by atoms with Gasteiger partial charge in [0.25, 0.3) is 0 Å². The van der Waals surface area contributed by atoms with E-state index in [2.05, 4.69) is 15.6 Å². The maximum Gasteiger partial charge on any atom is 0.216 e. The molecule has 1 aliphatic rings. The number of furan rings is 1. The summed E-state index contributed by atoms with van der Waals surface area (Å²) in [5.74, 6) is 1.48. The van der Waals surface area contributed by atoms with E-state index >= 15 is 0 Å². The molecule has 2 N–H and O–H groups in total. The molecule has 2 heterocycles. The second-order valence-corrected chi connectivity index (χ2v) is 8.23. The van der Waals surface area contributed by atoms with Crippen LogP contribution in [0, 0.1) is 0 Å². The largest absolute Gasteiger partial charge is 0.469 e. The third-order valence-electron chi connectivity index (χ3n) is 3.90. The van der Waals surface area contributed by atoms with E-state index < -0.39 is 10.0 Å². The highest BCUT2D eigenvalue weighted by Crippen LogP contribution is 2.14. The lowest BCUT2D eigenvalue weighted by Gasteiger charge is -2.34. The van der Waals surface area contributed by atoms with Gasteiger partial charge < -0.3 is 19.8 Å². The van der Waals surface area contributed by atoms with Crippen molar-refractivity contribution in [2.45, 2.75) is 32.5 Å². The molecule has 26 heavy (non-hydrogen) atoms. The number of halogens is 1. The van der Waals surface area contributed by atoms with Gasteiger partial charge in [-0.25, -0.2) is 8.42 Å². The molecule has 0 saturated carbocycles. The number of hydrogen-bond acceptors (Lipinski definition) is 5. The molecule has 1 fully saturated rings. The molecule has 0 aromatic carbocycles. The van der Waals surface area contributed by atoms with Crippen LogP contribution in [-0.4, -0.2) is 69.9 Å². The van der Waals surface area contributed by atoms with Crippen molar-refractivity contribution >= 4 is 40.0 Å². The van der Waals surface area contributed by atoms with Crippen molar-refractivity contribution in [2.75, 3.05) is 39.0 Å². The van der Waals surface area contributed by atoms with Gasteiger partial charge in [0.2, 0.25) is 10.0 Å². The average Bonchev–Trinajstić information content (AvgIpc) is 3.05. The molecular formula is C16H29IN4O4S. The monoisotopic (exact) mass is 500 g/mol. The van der Waals surface area contributed by atoms with Crippen LogP contribution in [-0.2, 0) is 21.2 Å². The Morgan fingerprint density at radius 3 is 2.50 bits per heavy atom. The quantitative estimate of drug-likeness (QED) is 0.330.